The van der Waals surface area contributed by atoms with Crippen molar-refractivity contribution >= 4 is 27.5 Å². The van der Waals surface area contributed by atoms with Gasteiger partial charge in [0.25, 0.3) is 5.56 Å². The zero-order chi connectivity index (χ0) is 17.1. The first kappa shape index (κ1) is 16.4. The largest absolute Gasteiger partial charge is 0.461 e. The second-order valence-corrected chi connectivity index (χ2v) is 6.44. The van der Waals surface area contributed by atoms with Crippen LogP contribution in [0.15, 0.2) is 46.8 Å². The van der Waals surface area contributed by atoms with Gasteiger partial charge in [-0.2, -0.15) is 0 Å². The molecular formula is C18H18N2O3S. The smallest absolute Gasteiger partial charge is 0.326 e. The molecule has 0 unspecified atom stereocenters. The Kier molecular flexibility index (Phi) is 4.76. The van der Waals surface area contributed by atoms with Crippen LogP contribution in [0.4, 0.5) is 0 Å². The Labute approximate surface area is 143 Å². The van der Waals surface area contributed by atoms with Gasteiger partial charge in [0.1, 0.15) is 11.4 Å². The zero-order valence-corrected chi connectivity index (χ0v) is 14.4. The van der Waals surface area contributed by atoms with E-state index < -0.39 is 5.97 Å². The van der Waals surface area contributed by atoms with Crippen molar-refractivity contribution in [2.75, 3.05) is 0 Å². The molecule has 0 aliphatic carbocycles. The van der Waals surface area contributed by atoms with Crippen LogP contribution in [0.1, 0.15) is 20.3 Å². The fraction of sp³-hybridized carbons (Fsp3) is 0.278. The summed E-state index contributed by atoms with van der Waals surface area (Å²) in [4.78, 5) is 29.7. The number of nitrogens with zero attached hydrogens (tertiary/aromatic N) is 2. The van der Waals surface area contributed by atoms with Gasteiger partial charge in [-0.25, -0.2) is 4.98 Å². The van der Waals surface area contributed by atoms with E-state index in [1.165, 1.54) is 22.2 Å². The van der Waals surface area contributed by atoms with Gasteiger partial charge in [-0.3, -0.25) is 14.2 Å². The van der Waals surface area contributed by atoms with Crippen molar-refractivity contribution in [1.29, 1.82) is 0 Å². The molecule has 0 saturated heterocycles. The number of carbonyl (C=O) groups is 1. The van der Waals surface area contributed by atoms with Gasteiger partial charge in [-0.05, 0) is 18.9 Å². The van der Waals surface area contributed by atoms with E-state index in [9.17, 15) is 9.59 Å². The van der Waals surface area contributed by atoms with Gasteiger partial charge in [-0.15, -0.1) is 11.3 Å². The lowest BCUT2D eigenvalue weighted by Crippen LogP contribution is -2.27. The molecule has 2 heterocycles. The highest BCUT2D eigenvalue weighted by Gasteiger charge is 2.15. The van der Waals surface area contributed by atoms with Crippen molar-refractivity contribution in [2.24, 2.45) is 0 Å². The lowest BCUT2D eigenvalue weighted by molar-refractivity contribution is -0.149. The molecule has 0 bridgehead atoms. The van der Waals surface area contributed by atoms with Crippen LogP contribution in [-0.2, 0) is 16.1 Å². The summed E-state index contributed by atoms with van der Waals surface area (Å²) in [5.41, 5.74) is 1.58. The fourth-order valence-electron chi connectivity index (χ4n) is 2.39. The maximum atomic E-state index is 12.8. The third-order valence-electron chi connectivity index (χ3n) is 3.85. The standard InChI is InChI=1S/C18H18N2O3S/c1-3-12(2)23-15(21)9-20-11-19-17-16(18(20)22)14(10-24-17)13-7-5-4-6-8-13/h4-8,10-12H,3,9H2,1-2H3/t12-/m1/s1. The predicted octanol–water partition coefficient (Wildman–Crippen LogP) is 3.47. The molecule has 0 aliphatic heterocycles. The molecule has 0 amide bonds. The molecule has 0 radical (unpaired) electrons. The minimum atomic E-state index is -0.427. The van der Waals surface area contributed by atoms with Gasteiger partial charge in [0.15, 0.2) is 0 Å². The number of benzene rings is 1. The van der Waals surface area contributed by atoms with E-state index in [2.05, 4.69) is 4.98 Å². The number of hydrogen-bond donors (Lipinski definition) is 0. The third-order valence-corrected chi connectivity index (χ3v) is 4.74. The first-order chi connectivity index (χ1) is 11.6. The van der Waals surface area contributed by atoms with Gasteiger partial charge in [0, 0.05) is 10.9 Å². The van der Waals surface area contributed by atoms with E-state index in [-0.39, 0.29) is 18.2 Å². The van der Waals surface area contributed by atoms with Crippen LogP contribution in [0.25, 0.3) is 21.3 Å². The van der Waals surface area contributed by atoms with Gasteiger partial charge < -0.3 is 4.74 Å². The van der Waals surface area contributed by atoms with Crippen molar-refractivity contribution in [1.82, 2.24) is 9.55 Å². The molecule has 3 rings (SSSR count). The molecule has 0 spiro atoms. The minimum absolute atomic E-state index is 0.129. The summed E-state index contributed by atoms with van der Waals surface area (Å²) in [7, 11) is 0. The van der Waals surface area contributed by atoms with E-state index in [1.807, 2.05) is 49.6 Å². The molecule has 0 N–H and O–H groups in total. The number of carbonyl (C=O) groups excluding carboxylic acids is 1. The monoisotopic (exact) mass is 342 g/mol. The summed E-state index contributed by atoms with van der Waals surface area (Å²) in [6.45, 7) is 3.64. The van der Waals surface area contributed by atoms with Gasteiger partial charge in [0.2, 0.25) is 0 Å². The second-order valence-electron chi connectivity index (χ2n) is 5.58. The molecule has 1 aromatic carbocycles. The Balaban J connectivity index is 1.99. The average Bonchev–Trinajstić information content (AvgIpc) is 3.03. The zero-order valence-electron chi connectivity index (χ0n) is 13.6. The number of aromatic nitrogens is 2. The Morgan fingerprint density at radius 2 is 2.08 bits per heavy atom. The number of esters is 1. The lowest BCUT2D eigenvalue weighted by atomic mass is 10.1. The van der Waals surface area contributed by atoms with Crippen molar-refractivity contribution in [2.45, 2.75) is 32.9 Å². The number of rotatable bonds is 5. The topological polar surface area (TPSA) is 61.2 Å². The Bertz CT molecular complexity index is 915. The van der Waals surface area contributed by atoms with Crippen LogP contribution in [-0.4, -0.2) is 21.6 Å². The van der Waals surface area contributed by atoms with Gasteiger partial charge >= 0.3 is 5.97 Å². The Morgan fingerprint density at radius 3 is 2.79 bits per heavy atom. The van der Waals surface area contributed by atoms with Crippen molar-refractivity contribution in [3.8, 4) is 11.1 Å². The highest BCUT2D eigenvalue weighted by molar-refractivity contribution is 7.17. The first-order valence-electron chi connectivity index (χ1n) is 7.81. The van der Waals surface area contributed by atoms with Crippen molar-refractivity contribution in [3.05, 3.63) is 52.4 Å². The van der Waals surface area contributed by atoms with Crippen LogP contribution in [0, 0.1) is 0 Å². The summed E-state index contributed by atoms with van der Waals surface area (Å²) in [6, 6.07) is 9.69. The fourth-order valence-corrected chi connectivity index (χ4v) is 3.30. The van der Waals surface area contributed by atoms with Gasteiger partial charge in [0.05, 0.1) is 17.8 Å². The maximum Gasteiger partial charge on any atom is 0.326 e. The van der Waals surface area contributed by atoms with Gasteiger partial charge in [-0.1, -0.05) is 37.3 Å². The van der Waals surface area contributed by atoms with E-state index in [0.717, 1.165) is 17.5 Å². The molecule has 6 heteroatoms. The van der Waals surface area contributed by atoms with Crippen LogP contribution in [0.3, 0.4) is 0 Å². The van der Waals surface area contributed by atoms with Crippen LogP contribution < -0.4 is 5.56 Å². The highest BCUT2D eigenvalue weighted by Crippen LogP contribution is 2.30. The molecule has 3 aromatic rings. The number of hydrogen-bond acceptors (Lipinski definition) is 5. The van der Waals surface area contributed by atoms with E-state index in [4.69, 9.17) is 4.74 Å². The minimum Gasteiger partial charge on any atom is -0.461 e. The molecule has 1 atom stereocenters. The third kappa shape index (κ3) is 3.23. The Morgan fingerprint density at radius 1 is 1.33 bits per heavy atom. The molecule has 0 fully saturated rings. The molecule has 124 valence electrons. The van der Waals surface area contributed by atoms with E-state index >= 15 is 0 Å². The normalized spacial score (nSPS) is 12.2. The predicted molar refractivity (Wildman–Crippen MR) is 95.2 cm³/mol. The summed E-state index contributed by atoms with van der Waals surface area (Å²) >= 11 is 1.42. The lowest BCUT2D eigenvalue weighted by Gasteiger charge is -2.11. The van der Waals surface area contributed by atoms with Crippen LogP contribution in [0.5, 0.6) is 0 Å². The summed E-state index contributed by atoms with van der Waals surface area (Å²) < 4.78 is 6.55. The summed E-state index contributed by atoms with van der Waals surface area (Å²) in [5, 5.41) is 2.47. The summed E-state index contributed by atoms with van der Waals surface area (Å²) in [6.07, 6.45) is 1.99. The highest BCUT2D eigenvalue weighted by atomic mass is 32.1. The maximum absolute atomic E-state index is 12.8. The molecule has 24 heavy (non-hydrogen) atoms. The molecule has 0 aliphatic rings. The number of fused-ring (bicyclic) bond motifs is 1. The molecule has 0 saturated carbocycles. The quantitative estimate of drug-likeness (QED) is 0.666. The molecule has 2 aromatic heterocycles. The van der Waals surface area contributed by atoms with E-state index in [1.54, 1.807) is 0 Å². The molecular weight excluding hydrogens is 324 g/mol. The Hall–Kier alpha value is -2.47. The number of ether oxygens (including phenoxy) is 1. The van der Waals surface area contributed by atoms with Crippen LogP contribution in [0.2, 0.25) is 0 Å². The second kappa shape index (κ2) is 6.97. The molecule has 5 nitrogen and oxygen atoms in total. The average molecular weight is 342 g/mol. The number of thiophene rings is 1. The first-order valence-corrected chi connectivity index (χ1v) is 8.69. The van der Waals surface area contributed by atoms with Crippen molar-refractivity contribution < 1.29 is 9.53 Å². The van der Waals surface area contributed by atoms with Crippen LogP contribution >= 0.6 is 11.3 Å². The summed E-state index contributed by atoms with van der Waals surface area (Å²) in [5.74, 6) is -0.427. The SMILES string of the molecule is CC[C@@H](C)OC(=O)Cn1cnc2scc(-c3ccccc3)c2c1=O. The van der Waals surface area contributed by atoms with Crippen molar-refractivity contribution in [3.63, 3.8) is 0 Å². The van der Waals surface area contributed by atoms with E-state index in [0.29, 0.717) is 10.2 Å².